The summed E-state index contributed by atoms with van der Waals surface area (Å²) in [5, 5.41) is 19.2. The number of carbonyl (C=O) groups is 1. The molecular weight excluding hydrogens is 226 g/mol. The Morgan fingerprint density at radius 1 is 1.59 bits per heavy atom. The van der Waals surface area contributed by atoms with Crippen LogP contribution < -0.4 is 5.32 Å². The number of carboxylic acid groups (broad SMARTS) is 1. The summed E-state index contributed by atoms with van der Waals surface area (Å²) < 4.78 is 10.1. The molecule has 0 amide bonds. The van der Waals surface area contributed by atoms with Crippen molar-refractivity contribution in [3.63, 3.8) is 0 Å². The van der Waals surface area contributed by atoms with Gasteiger partial charge in [0.05, 0.1) is 18.9 Å². The van der Waals surface area contributed by atoms with Crippen molar-refractivity contribution in [2.24, 2.45) is 0 Å². The van der Waals surface area contributed by atoms with Gasteiger partial charge in [-0.05, 0) is 6.07 Å². The van der Waals surface area contributed by atoms with Crippen molar-refractivity contribution in [2.75, 3.05) is 32.7 Å². The Labute approximate surface area is 98.8 Å². The van der Waals surface area contributed by atoms with Crippen LogP contribution in [0.4, 0.5) is 5.82 Å². The lowest BCUT2D eigenvalue weighted by molar-refractivity contribution is 0.0365. The minimum atomic E-state index is -1.05. The molecule has 0 aliphatic rings. The molecule has 0 aliphatic heterocycles. The zero-order chi connectivity index (χ0) is 12.7. The SMILES string of the molecule is COCC(CNc1nnccc1C(=O)O)OC. The predicted molar refractivity (Wildman–Crippen MR) is 60.2 cm³/mol. The third-order valence-electron chi connectivity index (χ3n) is 2.13. The van der Waals surface area contributed by atoms with E-state index < -0.39 is 5.97 Å². The minimum absolute atomic E-state index is 0.0762. The number of aromatic carboxylic acids is 1. The number of hydrogen-bond donors (Lipinski definition) is 2. The molecule has 0 aliphatic carbocycles. The molecule has 1 aromatic rings. The normalized spacial score (nSPS) is 12.1. The van der Waals surface area contributed by atoms with Gasteiger partial charge in [-0.25, -0.2) is 4.79 Å². The molecule has 0 spiro atoms. The molecule has 1 heterocycles. The second-order valence-electron chi connectivity index (χ2n) is 3.29. The van der Waals surface area contributed by atoms with Crippen molar-refractivity contribution in [1.82, 2.24) is 10.2 Å². The average molecular weight is 241 g/mol. The van der Waals surface area contributed by atoms with Gasteiger partial charge in [-0.1, -0.05) is 0 Å². The van der Waals surface area contributed by atoms with E-state index in [0.29, 0.717) is 13.2 Å². The van der Waals surface area contributed by atoms with Crippen LogP contribution in [-0.2, 0) is 9.47 Å². The summed E-state index contributed by atoms with van der Waals surface area (Å²) in [5.74, 6) is -0.832. The van der Waals surface area contributed by atoms with Crippen molar-refractivity contribution in [1.29, 1.82) is 0 Å². The highest BCUT2D eigenvalue weighted by Gasteiger charge is 2.13. The topological polar surface area (TPSA) is 93.6 Å². The molecule has 0 aromatic carbocycles. The second-order valence-corrected chi connectivity index (χ2v) is 3.29. The van der Waals surface area contributed by atoms with Crippen LogP contribution in [0.5, 0.6) is 0 Å². The zero-order valence-electron chi connectivity index (χ0n) is 9.71. The number of rotatable bonds is 7. The van der Waals surface area contributed by atoms with Crippen molar-refractivity contribution in [3.05, 3.63) is 17.8 Å². The van der Waals surface area contributed by atoms with Gasteiger partial charge in [-0.15, -0.1) is 5.10 Å². The Hall–Kier alpha value is -1.73. The average Bonchev–Trinajstić information content (AvgIpc) is 2.34. The fraction of sp³-hybridized carbons (Fsp3) is 0.500. The lowest BCUT2D eigenvalue weighted by Crippen LogP contribution is -2.27. The van der Waals surface area contributed by atoms with Gasteiger partial charge in [-0.3, -0.25) is 0 Å². The summed E-state index contributed by atoms with van der Waals surface area (Å²) in [6, 6.07) is 1.38. The van der Waals surface area contributed by atoms with Crippen LogP contribution in [0, 0.1) is 0 Å². The van der Waals surface area contributed by atoms with Gasteiger partial charge in [0.1, 0.15) is 5.56 Å². The highest BCUT2D eigenvalue weighted by Crippen LogP contribution is 2.10. The molecule has 0 fully saturated rings. The van der Waals surface area contributed by atoms with Gasteiger partial charge >= 0.3 is 5.97 Å². The Bertz CT molecular complexity index is 372. The van der Waals surface area contributed by atoms with Crippen LogP contribution in [0.25, 0.3) is 0 Å². The fourth-order valence-electron chi connectivity index (χ4n) is 1.24. The summed E-state index contributed by atoms with van der Waals surface area (Å²) in [4.78, 5) is 10.9. The highest BCUT2D eigenvalue weighted by atomic mass is 16.5. The van der Waals surface area contributed by atoms with Crippen molar-refractivity contribution in [2.45, 2.75) is 6.10 Å². The minimum Gasteiger partial charge on any atom is -0.478 e. The Morgan fingerprint density at radius 2 is 2.35 bits per heavy atom. The molecule has 0 saturated carbocycles. The Kier molecular flexibility index (Phi) is 5.31. The fourth-order valence-corrected chi connectivity index (χ4v) is 1.24. The summed E-state index contributed by atoms with van der Waals surface area (Å²) in [5.41, 5.74) is 0.0762. The Morgan fingerprint density at radius 3 is 2.94 bits per heavy atom. The highest BCUT2D eigenvalue weighted by molar-refractivity contribution is 5.92. The van der Waals surface area contributed by atoms with Crippen molar-refractivity contribution < 1.29 is 19.4 Å². The maximum absolute atomic E-state index is 10.9. The second kappa shape index (κ2) is 6.77. The number of nitrogens with zero attached hydrogens (tertiary/aromatic N) is 2. The Balaban J connectivity index is 2.65. The molecule has 1 unspecified atom stereocenters. The van der Waals surface area contributed by atoms with Gasteiger partial charge < -0.3 is 19.9 Å². The molecule has 17 heavy (non-hydrogen) atoms. The number of carboxylic acids is 1. The molecule has 7 heteroatoms. The van der Waals surface area contributed by atoms with E-state index in [1.807, 2.05) is 0 Å². The van der Waals surface area contributed by atoms with Gasteiger partial charge in [0.25, 0.3) is 0 Å². The molecule has 94 valence electrons. The van der Waals surface area contributed by atoms with E-state index in [0.717, 1.165) is 0 Å². The molecule has 1 aromatic heterocycles. The van der Waals surface area contributed by atoms with E-state index in [-0.39, 0.29) is 17.5 Å². The summed E-state index contributed by atoms with van der Waals surface area (Å²) in [6.07, 6.45) is 1.15. The summed E-state index contributed by atoms with van der Waals surface area (Å²) in [7, 11) is 3.12. The number of hydrogen-bond acceptors (Lipinski definition) is 6. The lowest BCUT2D eigenvalue weighted by Gasteiger charge is -2.15. The first-order chi connectivity index (χ1) is 8.19. The molecular formula is C10H15N3O4. The maximum atomic E-state index is 10.9. The number of ether oxygens (including phenoxy) is 2. The van der Waals surface area contributed by atoms with Gasteiger partial charge in [-0.2, -0.15) is 5.10 Å². The smallest absolute Gasteiger partial charge is 0.339 e. The van der Waals surface area contributed by atoms with Crippen LogP contribution >= 0.6 is 0 Å². The number of anilines is 1. The molecule has 7 nitrogen and oxygen atoms in total. The van der Waals surface area contributed by atoms with Crippen LogP contribution in [0.3, 0.4) is 0 Å². The van der Waals surface area contributed by atoms with Gasteiger partial charge in [0.15, 0.2) is 5.82 Å². The molecule has 0 saturated heterocycles. The quantitative estimate of drug-likeness (QED) is 0.706. The third-order valence-corrected chi connectivity index (χ3v) is 2.13. The van der Waals surface area contributed by atoms with Crippen LogP contribution in [0.15, 0.2) is 12.3 Å². The van der Waals surface area contributed by atoms with E-state index in [1.165, 1.54) is 12.3 Å². The van der Waals surface area contributed by atoms with E-state index in [4.69, 9.17) is 14.6 Å². The molecule has 1 rings (SSSR count). The maximum Gasteiger partial charge on any atom is 0.339 e. The first-order valence-electron chi connectivity index (χ1n) is 4.99. The van der Waals surface area contributed by atoms with E-state index >= 15 is 0 Å². The first-order valence-corrected chi connectivity index (χ1v) is 4.99. The monoisotopic (exact) mass is 241 g/mol. The molecule has 1 atom stereocenters. The van der Waals surface area contributed by atoms with Crippen LogP contribution in [0.2, 0.25) is 0 Å². The van der Waals surface area contributed by atoms with Gasteiger partial charge in [0.2, 0.25) is 0 Å². The molecule has 0 bridgehead atoms. The van der Waals surface area contributed by atoms with Crippen molar-refractivity contribution in [3.8, 4) is 0 Å². The lowest BCUT2D eigenvalue weighted by atomic mass is 10.2. The van der Waals surface area contributed by atoms with E-state index in [1.54, 1.807) is 14.2 Å². The predicted octanol–water partition coefficient (Wildman–Crippen LogP) is 0.248. The summed E-state index contributed by atoms with van der Waals surface area (Å²) in [6.45, 7) is 0.801. The van der Waals surface area contributed by atoms with Crippen LogP contribution in [0.1, 0.15) is 10.4 Å². The molecule has 2 N–H and O–H groups in total. The number of aromatic nitrogens is 2. The zero-order valence-corrected chi connectivity index (χ0v) is 9.71. The standard InChI is InChI=1S/C10H15N3O4/c1-16-6-7(17-2)5-11-9-8(10(14)15)3-4-12-13-9/h3-4,7H,5-6H2,1-2H3,(H,11,13)(H,14,15). The van der Waals surface area contributed by atoms with E-state index in [2.05, 4.69) is 15.5 Å². The summed E-state index contributed by atoms with van der Waals surface area (Å²) >= 11 is 0. The first kappa shape index (κ1) is 13.3. The number of nitrogens with one attached hydrogen (secondary N) is 1. The molecule has 0 radical (unpaired) electrons. The third kappa shape index (κ3) is 3.97. The largest absolute Gasteiger partial charge is 0.478 e. The van der Waals surface area contributed by atoms with E-state index in [9.17, 15) is 4.79 Å². The van der Waals surface area contributed by atoms with Gasteiger partial charge in [0, 0.05) is 20.8 Å². The van der Waals surface area contributed by atoms with Crippen molar-refractivity contribution >= 4 is 11.8 Å². The van der Waals surface area contributed by atoms with Crippen LogP contribution in [-0.4, -0.2) is 54.7 Å². The number of methoxy groups -OCH3 is 2.